The summed E-state index contributed by atoms with van der Waals surface area (Å²) >= 11 is 1.34. The van der Waals surface area contributed by atoms with Crippen LogP contribution in [0.4, 0.5) is 0 Å². The van der Waals surface area contributed by atoms with Gasteiger partial charge in [-0.2, -0.15) is 0 Å². The van der Waals surface area contributed by atoms with Crippen LogP contribution in [0.15, 0.2) is 53.3 Å². The first-order chi connectivity index (χ1) is 16.0. The van der Waals surface area contributed by atoms with Crippen LogP contribution in [0.1, 0.15) is 21.2 Å². The third kappa shape index (κ3) is 4.94. The molecule has 0 saturated carbocycles. The van der Waals surface area contributed by atoms with Gasteiger partial charge in [0.15, 0.2) is 0 Å². The number of methoxy groups -OCH3 is 2. The van der Waals surface area contributed by atoms with E-state index in [1.165, 1.54) is 11.3 Å². The van der Waals surface area contributed by atoms with E-state index >= 15 is 0 Å². The van der Waals surface area contributed by atoms with Gasteiger partial charge in [-0.05, 0) is 43.3 Å². The van der Waals surface area contributed by atoms with E-state index in [1.54, 1.807) is 37.3 Å². The highest BCUT2D eigenvalue weighted by Crippen LogP contribution is 2.30. The van der Waals surface area contributed by atoms with Gasteiger partial charge in [-0.15, -0.1) is 11.3 Å². The number of aromatic nitrogens is 3. The first kappa shape index (κ1) is 22.6. The topological polar surface area (TPSA) is 97.4 Å². The summed E-state index contributed by atoms with van der Waals surface area (Å²) in [5.74, 6) is 0.990. The Balaban J connectivity index is 1.63. The van der Waals surface area contributed by atoms with Crippen LogP contribution >= 0.6 is 11.3 Å². The number of aromatic amines is 1. The molecule has 1 amide bonds. The molecule has 2 aromatic carbocycles. The van der Waals surface area contributed by atoms with Gasteiger partial charge >= 0.3 is 0 Å². The molecule has 0 saturated heterocycles. The van der Waals surface area contributed by atoms with E-state index in [2.05, 4.69) is 15.0 Å². The molecule has 0 radical (unpaired) electrons. The summed E-state index contributed by atoms with van der Waals surface area (Å²) in [6, 6.07) is 14.7. The van der Waals surface area contributed by atoms with E-state index in [0.717, 1.165) is 16.3 Å². The zero-order valence-electron chi connectivity index (χ0n) is 18.6. The van der Waals surface area contributed by atoms with Crippen LogP contribution in [0.5, 0.6) is 5.75 Å². The highest BCUT2D eigenvalue weighted by molar-refractivity contribution is 7.17. The summed E-state index contributed by atoms with van der Waals surface area (Å²) in [6.07, 6.45) is 0. The molecule has 4 aromatic rings. The van der Waals surface area contributed by atoms with Crippen molar-refractivity contribution in [2.75, 3.05) is 27.4 Å². The fourth-order valence-corrected chi connectivity index (χ4v) is 4.48. The summed E-state index contributed by atoms with van der Waals surface area (Å²) < 4.78 is 10.4. The van der Waals surface area contributed by atoms with E-state index in [-0.39, 0.29) is 18.0 Å². The van der Waals surface area contributed by atoms with Gasteiger partial charge in [0, 0.05) is 19.2 Å². The number of ether oxygens (including phenoxy) is 2. The standard InChI is InChI=1S/C24H24N4O4S/c1-15-21(33-23(25-15)16-8-10-17(32-3)11-9-16)24(30)28(12-13-31-2)14-20-26-19-7-5-4-6-18(19)22(29)27-20/h4-11H,12-14H2,1-3H3,(H,26,27,29). The number of rotatable bonds is 8. The monoisotopic (exact) mass is 464 g/mol. The molecular formula is C24H24N4O4S. The van der Waals surface area contributed by atoms with E-state index in [0.29, 0.717) is 40.5 Å². The van der Waals surface area contributed by atoms with Crippen molar-refractivity contribution in [1.29, 1.82) is 0 Å². The maximum Gasteiger partial charge on any atom is 0.266 e. The Hall–Kier alpha value is -3.56. The Morgan fingerprint density at radius 2 is 1.85 bits per heavy atom. The average Bonchev–Trinajstić information content (AvgIpc) is 3.23. The minimum Gasteiger partial charge on any atom is -0.497 e. The minimum absolute atomic E-state index is 0.150. The lowest BCUT2D eigenvalue weighted by molar-refractivity contribution is 0.0679. The van der Waals surface area contributed by atoms with Gasteiger partial charge in [0.2, 0.25) is 0 Å². The predicted octanol–water partition coefficient (Wildman–Crippen LogP) is 3.65. The zero-order chi connectivity index (χ0) is 23.4. The second-order valence-electron chi connectivity index (χ2n) is 7.41. The second-order valence-corrected chi connectivity index (χ2v) is 8.41. The highest BCUT2D eigenvalue weighted by atomic mass is 32.1. The van der Waals surface area contributed by atoms with Crippen molar-refractivity contribution in [3.8, 4) is 16.3 Å². The molecule has 0 spiro atoms. The molecule has 4 rings (SSSR count). The third-order valence-corrected chi connectivity index (χ3v) is 6.38. The summed E-state index contributed by atoms with van der Waals surface area (Å²) in [7, 11) is 3.20. The number of hydrogen-bond donors (Lipinski definition) is 1. The smallest absolute Gasteiger partial charge is 0.266 e. The van der Waals surface area contributed by atoms with Crippen LogP contribution in [0.3, 0.4) is 0 Å². The zero-order valence-corrected chi connectivity index (χ0v) is 19.4. The van der Waals surface area contributed by atoms with E-state index in [9.17, 15) is 9.59 Å². The molecule has 33 heavy (non-hydrogen) atoms. The number of nitrogens with one attached hydrogen (secondary N) is 1. The highest BCUT2D eigenvalue weighted by Gasteiger charge is 2.23. The van der Waals surface area contributed by atoms with Crippen molar-refractivity contribution in [3.63, 3.8) is 0 Å². The van der Waals surface area contributed by atoms with Gasteiger partial charge in [-0.1, -0.05) is 12.1 Å². The molecule has 0 unspecified atom stereocenters. The first-order valence-corrected chi connectivity index (χ1v) is 11.2. The lowest BCUT2D eigenvalue weighted by Crippen LogP contribution is -2.34. The molecule has 9 heteroatoms. The maximum atomic E-state index is 13.5. The minimum atomic E-state index is -0.231. The van der Waals surface area contributed by atoms with Gasteiger partial charge in [0.25, 0.3) is 11.5 Å². The van der Waals surface area contributed by atoms with Gasteiger partial charge < -0.3 is 19.4 Å². The molecule has 2 aromatic heterocycles. The Morgan fingerprint density at radius 3 is 2.58 bits per heavy atom. The lowest BCUT2D eigenvalue weighted by atomic mass is 10.2. The molecule has 0 aliphatic heterocycles. The number of aryl methyl sites for hydroxylation is 1. The van der Waals surface area contributed by atoms with Crippen molar-refractivity contribution in [3.05, 3.63) is 75.3 Å². The summed E-state index contributed by atoms with van der Waals surface area (Å²) in [5, 5.41) is 1.26. The number of benzene rings is 2. The number of carbonyl (C=O) groups is 1. The molecule has 170 valence electrons. The number of carbonyl (C=O) groups excluding carboxylic acids is 1. The van der Waals surface area contributed by atoms with Gasteiger partial charge in [0.05, 0.1) is 36.9 Å². The van der Waals surface area contributed by atoms with E-state index in [1.807, 2.05) is 37.3 Å². The number of amides is 1. The predicted molar refractivity (Wildman–Crippen MR) is 128 cm³/mol. The normalized spacial score (nSPS) is 11.0. The molecule has 2 heterocycles. The van der Waals surface area contributed by atoms with Gasteiger partial charge in [-0.25, -0.2) is 9.97 Å². The maximum absolute atomic E-state index is 13.5. The quantitative estimate of drug-likeness (QED) is 0.428. The number of hydrogen-bond acceptors (Lipinski definition) is 7. The summed E-state index contributed by atoms with van der Waals surface area (Å²) in [4.78, 5) is 40.0. The molecule has 0 bridgehead atoms. The van der Waals surface area contributed by atoms with Crippen LogP contribution < -0.4 is 10.3 Å². The largest absolute Gasteiger partial charge is 0.497 e. The fraction of sp³-hybridized carbons (Fsp3) is 0.250. The van der Waals surface area contributed by atoms with Crippen molar-refractivity contribution in [2.45, 2.75) is 13.5 Å². The number of fused-ring (bicyclic) bond motifs is 1. The molecular weight excluding hydrogens is 440 g/mol. The van der Waals surface area contributed by atoms with Crippen LogP contribution in [-0.2, 0) is 11.3 Å². The Labute approximate surface area is 194 Å². The van der Waals surface area contributed by atoms with Crippen LogP contribution in [0.2, 0.25) is 0 Å². The third-order valence-electron chi connectivity index (χ3n) is 5.18. The second kappa shape index (κ2) is 9.93. The SMILES string of the molecule is COCCN(Cc1nc2ccccc2c(=O)[nH]1)C(=O)c1sc(-c2ccc(OC)cc2)nc1C. The summed E-state index contributed by atoms with van der Waals surface area (Å²) in [6.45, 7) is 2.67. The van der Waals surface area contributed by atoms with Gasteiger partial charge in [-0.3, -0.25) is 9.59 Å². The van der Waals surface area contributed by atoms with Crippen molar-refractivity contribution in [1.82, 2.24) is 19.9 Å². The van der Waals surface area contributed by atoms with Crippen molar-refractivity contribution in [2.24, 2.45) is 0 Å². The summed E-state index contributed by atoms with van der Waals surface area (Å²) in [5.41, 5.74) is 1.92. The number of thiazole rings is 1. The molecule has 0 aliphatic rings. The van der Waals surface area contributed by atoms with Crippen LogP contribution in [-0.4, -0.2) is 53.1 Å². The molecule has 1 N–H and O–H groups in total. The van der Waals surface area contributed by atoms with Crippen molar-refractivity contribution < 1.29 is 14.3 Å². The number of H-pyrrole nitrogens is 1. The van der Waals surface area contributed by atoms with Crippen molar-refractivity contribution >= 4 is 28.1 Å². The molecule has 8 nitrogen and oxygen atoms in total. The molecule has 0 fully saturated rings. The number of para-hydroxylation sites is 1. The van der Waals surface area contributed by atoms with E-state index in [4.69, 9.17) is 9.47 Å². The average molecular weight is 465 g/mol. The van der Waals surface area contributed by atoms with Crippen LogP contribution in [0, 0.1) is 6.92 Å². The Kier molecular flexibility index (Phi) is 6.81. The Bertz CT molecular complexity index is 1330. The lowest BCUT2D eigenvalue weighted by Gasteiger charge is -2.21. The Morgan fingerprint density at radius 1 is 1.09 bits per heavy atom. The van der Waals surface area contributed by atoms with Gasteiger partial charge in [0.1, 0.15) is 21.5 Å². The van der Waals surface area contributed by atoms with E-state index < -0.39 is 0 Å². The fourth-order valence-electron chi connectivity index (χ4n) is 3.44. The molecule has 0 aliphatic carbocycles. The first-order valence-electron chi connectivity index (χ1n) is 10.4. The van der Waals surface area contributed by atoms with Crippen LogP contribution in [0.25, 0.3) is 21.5 Å². The number of nitrogens with zero attached hydrogens (tertiary/aromatic N) is 3. The molecule has 0 atom stereocenters.